The molecule has 5 heterocycles. The summed E-state index contributed by atoms with van der Waals surface area (Å²) in [5, 5.41) is 4.07. The van der Waals surface area contributed by atoms with E-state index in [9.17, 15) is 36.9 Å². The van der Waals surface area contributed by atoms with Gasteiger partial charge in [0, 0.05) is 81.3 Å². The van der Waals surface area contributed by atoms with Crippen LogP contribution in [0.4, 0.5) is 0 Å². The van der Waals surface area contributed by atoms with Gasteiger partial charge in [0.05, 0.1) is 32.5 Å². The van der Waals surface area contributed by atoms with Crippen molar-refractivity contribution in [1.29, 1.82) is 0 Å². The van der Waals surface area contributed by atoms with Gasteiger partial charge in [0.1, 0.15) is 6.04 Å². The largest absolute Gasteiger partial charge is 0.748 e. The molecule has 1 aliphatic rings. The van der Waals surface area contributed by atoms with Gasteiger partial charge in [0.15, 0.2) is 5.78 Å². The number of carbonyl (C=O) groups is 5. The van der Waals surface area contributed by atoms with Crippen molar-refractivity contribution in [1.82, 2.24) is 30.3 Å². The maximum absolute atomic E-state index is 13.1. The van der Waals surface area contributed by atoms with E-state index in [-0.39, 0.29) is 64.2 Å². The molecule has 1 saturated heterocycles. The van der Waals surface area contributed by atoms with Crippen LogP contribution >= 0.6 is 0 Å². The number of Topliss-reactive ketones (excluding diaryl/α,β-unsaturated/α-hetero) is 1. The number of fused-ring (bicyclic) bond motifs is 3. The SMILES string of the molecule is O=C(CCCCCC(=O)C(CS(=O)(=O)[O-])NC(=O)c1ccnc2c1ccc1cccnc12)ON1C(=O)CCC1=O.[Ir].[c-]1ccccc1-c1ccccn1.[c-]1ccccc1-c1ccccn1. The first-order valence-corrected chi connectivity index (χ1v) is 21.8. The molecule has 4 aromatic heterocycles. The average Bonchev–Trinajstić information content (AvgIpc) is 3.64. The number of benzene rings is 3. The van der Waals surface area contributed by atoms with Crippen LogP contribution in [0.2, 0.25) is 0 Å². The van der Waals surface area contributed by atoms with Crippen LogP contribution in [-0.2, 0) is 54.2 Å². The summed E-state index contributed by atoms with van der Waals surface area (Å²) in [6.45, 7) is 0. The van der Waals surface area contributed by atoms with Crippen molar-refractivity contribution < 1.29 is 61.9 Å². The van der Waals surface area contributed by atoms with E-state index in [2.05, 4.69) is 37.4 Å². The van der Waals surface area contributed by atoms with Gasteiger partial charge in [-0.2, -0.15) is 0 Å². The number of pyridine rings is 4. The molecular weight excluding hydrogens is 1030 g/mol. The van der Waals surface area contributed by atoms with E-state index in [1.54, 1.807) is 36.8 Å². The summed E-state index contributed by atoms with van der Waals surface area (Å²) in [5.41, 5.74) is 5.16. The number of nitrogens with one attached hydrogen (secondary N) is 1. The molecule has 0 spiro atoms. The summed E-state index contributed by atoms with van der Waals surface area (Å²) in [6.07, 6.45) is 7.10. The van der Waals surface area contributed by atoms with Gasteiger partial charge in [-0.3, -0.25) is 29.1 Å². The molecule has 0 bridgehead atoms. The van der Waals surface area contributed by atoms with Gasteiger partial charge in [0.25, 0.3) is 17.7 Å². The third kappa shape index (κ3) is 14.6. The van der Waals surface area contributed by atoms with E-state index < -0.39 is 51.4 Å². The standard InChI is InChI=1S/C26H26N4O9S.2C11H8N.Ir/c31-20(6-2-1-3-7-23(34)39-30-21(32)10-11-22(30)33)19(15-40(36,37)38)29-26(35)18-12-14-28-25-17(18)9-8-16-5-4-13-27-24(16)25;2*1-2-6-10(7-3-1)11-8-4-5-9-12-11;/h4-5,8-9,12-14,19H,1-3,6-7,10-11,15H2,(H,29,35)(H,36,37,38);2*1-6,8-9H;/q;2*-1;/p-1. The van der Waals surface area contributed by atoms with Crippen molar-refractivity contribution >= 4 is 61.4 Å². The van der Waals surface area contributed by atoms with Crippen molar-refractivity contribution in [3.05, 3.63) is 158 Å². The number of nitrogens with zero attached hydrogens (tertiary/aromatic N) is 5. The smallest absolute Gasteiger partial charge is 0.333 e. The summed E-state index contributed by atoms with van der Waals surface area (Å²) < 4.78 is 34.4. The number of imide groups is 1. The quantitative estimate of drug-likeness (QED) is 0.0397. The Morgan fingerprint density at radius 2 is 1.26 bits per heavy atom. The normalized spacial score (nSPS) is 12.5. The molecule has 7 aromatic rings. The second-order valence-electron chi connectivity index (χ2n) is 14.2. The maximum atomic E-state index is 13.1. The molecule has 1 N–H and O–H groups in total. The molecule has 1 fully saturated rings. The molecule has 1 atom stereocenters. The number of unbranched alkanes of at least 4 members (excludes halogenated alkanes) is 2. The fraction of sp³-hybridized carbons (Fsp3) is 0.188. The minimum Gasteiger partial charge on any atom is -0.748 e. The Bertz CT molecular complexity index is 2660. The van der Waals surface area contributed by atoms with Crippen LogP contribution in [-0.4, -0.2) is 79.2 Å². The van der Waals surface area contributed by atoms with Crippen molar-refractivity contribution in [2.24, 2.45) is 0 Å². The Balaban J connectivity index is 0.000000254. The van der Waals surface area contributed by atoms with Crippen LogP contribution < -0.4 is 5.32 Å². The Kier molecular flexibility index (Phi) is 18.3. The van der Waals surface area contributed by atoms with Crippen LogP contribution in [0.15, 0.2) is 140 Å². The second-order valence-corrected chi connectivity index (χ2v) is 15.6. The molecule has 0 saturated carbocycles. The number of hydrogen-bond donors (Lipinski definition) is 1. The molecule has 1 aliphatic heterocycles. The molecule has 8 rings (SSSR count). The molecule has 0 aliphatic carbocycles. The summed E-state index contributed by atoms with van der Waals surface area (Å²) in [4.78, 5) is 82.7. The molecule has 3 aromatic carbocycles. The van der Waals surface area contributed by atoms with Gasteiger partial charge in [0.2, 0.25) is 0 Å². The Labute approximate surface area is 388 Å². The first-order valence-electron chi connectivity index (χ1n) is 20.2. The fourth-order valence-electron chi connectivity index (χ4n) is 6.48. The van der Waals surface area contributed by atoms with Gasteiger partial charge < -0.3 is 24.7 Å². The topological polar surface area (TPSA) is 219 Å². The monoisotopic (exact) mass is 1070 g/mol. The third-order valence-electron chi connectivity index (χ3n) is 9.60. The zero-order valence-corrected chi connectivity index (χ0v) is 37.9. The first kappa shape index (κ1) is 49.1. The number of carbonyl (C=O) groups excluding carboxylic acids is 5. The van der Waals surface area contributed by atoms with E-state index in [4.69, 9.17) is 4.84 Å². The average molecular weight is 1070 g/mol. The first-order chi connectivity index (χ1) is 31.0. The van der Waals surface area contributed by atoms with Crippen molar-refractivity contribution in [2.75, 3.05) is 5.75 Å². The van der Waals surface area contributed by atoms with Crippen LogP contribution in [0, 0.1) is 12.1 Å². The van der Waals surface area contributed by atoms with E-state index in [0.717, 1.165) is 27.9 Å². The molecule has 1 radical (unpaired) electrons. The predicted molar refractivity (Wildman–Crippen MR) is 235 cm³/mol. The van der Waals surface area contributed by atoms with Crippen LogP contribution in [0.1, 0.15) is 55.3 Å². The molecule has 65 heavy (non-hydrogen) atoms. The van der Waals surface area contributed by atoms with Gasteiger partial charge in [-0.15, -0.1) is 76.9 Å². The number of rotatable bonds is 14. The van der Waals surface area contributed by atoms with Crippen molar-refractivity contribution in [2.45, 2.75) is 51.0 Å². The van der Waals surface area contributed by atoms with Crippen LogP contribution in [0.25, 0.3) is 44.3 Å². The molecular formula is C48H41IrN6O9S-3. The minimum atomic E-state index is -4.86. The molecule has 15 nitrogen and oxygen atoms in total. The van der Waals surface area contributed by atoms with Crippen LogP contribution in [0.3, 0.4) is 0 Å². The van der Waals surface area contributed by atoms with Crippen molar-refractivity contribution in [3.63, 3.8) is 0 Å². The van der Waals surface area contributed by atoms with Gasteiger partial charge in [-0.25, -0.2) is 13.2 Å². The summed E-state index contributed by atoms with van der Waals surface area (Å²) in [7, 11) is -4.86. The van der Waals surface area contributed by atoms with E-state index >= 15 is 0 Å². The Hall–Kier alpha value is -6.91. The third-order valence-corrected chi connectivity index (χ3v) is 10.3. The molecule has 1 unspecified atom stereocenters. The number of hydrogen-bond acceptors (Lipinski definition) is 13. The number of amides is 3. The van der Waals surface area contributed by atoms with E-state index in [0.29, 0.717) is 27.9 Å². The zero-order valence-electron chi connectivity index (χ0n) is 34.7. The van der Waals surface area contributed by atoms with Crippen molar-refractivity contribution in [3.8, 4) is 22.5 Å². The number of ketones is 1. The number of hydroxylamine groups is 2. The second kappa shape index (κ2) is 24.2. The molecule has 3 amide bonds. The van der Waals surface area contributed by atoms with E-state index in [1.807, 2.05) is 91.0 Å². The number of aromatic nitrogens is 4. The minimum absolute atomic E-state index is 0. The van der Waals surface area contributed by atoms with Gasteiger partial charge in [-0.05, 0) is 48.5 Å². The molecule has 17 heteroatoms. The maximum Gasteiger partial charge on any atom is 0.333 e. The predicted octanol–water partition coefficient (Wildman–Crippen LogP) is 6.65. The summed E-state index contributed by atoms with van der Waals surface area (Å²) in [6, 6.07) is 40.5. The summed E-state index contributed by atoms with van der Waals surface area (Å²) >= 11 is 0. The van der Waals surface area contributed by atoms with Crippen LogP contribution in [0.5, 0.6) is 0 Å². The van der Waals surface area contributed by atoms with Gasteiger partial charge >= 0.3 is 5.97 Å². The Morgan fingerprint density at radius 3 is 1.83 bits per heavy atom. The van der Waals surface area contributed by atoms with Gasteiger partial charge in [-0.1, -0.05) is 48.9 Å². The fourth-order valence-corrected chi connectivity index (χ4v) is 7.16. The van der Waals surface area contributed by atoms with E-state index in [1.165, 1.54) is 12.3 Å². The summed E-state index contributed by atoms with van der Waals surface area (Å²) in [5.74, 6) is -4.47. The molecule has 335 valence electrons. The Morgan fingerprint density at radius 1 is 0.677 bits per heavy atom. The zero-order chi connectivity index (χ0) is 45.3.